The van der Waals surface area contributed by atoms with Gasteiger partial charge in [0.2, 0.25) is 0 Å². The molecule has 0 amide bonds. The van der Waals surface area contributed by atoms with Gasteiger partial charge in [0.1, 0.15) is 0 Å². The van der Waals surface area contributed by atoms with Crippen molar-refractivity contribution in [3.63, 3.8) is 0 Å². The van der Waals surface area contributed by atoms with Crippen LogP contribution in [-0.4, -0.2) is 35.0 Å². The summed E-state index contributed by atoms with van der Waals surface area (Å²) in [7, 11) is -11.2. The van der Waals surface area contributed by atoms with Crippen molar-refractivity contribution < 1.29 is 120 Å². The second-order valence-electron chi connectivity index (χ2n) is 1.09. The number of nitrogens with zero attached hydrogens (tertiary/aromatic N) is 1. The van der Waals surface area contributed by atoms with Gasteiger partial charge in [0.15, 0.2) is 20.6 Å². The zero-order valence-electron chi connectivity index (χ0n) is 7.16. The van der Waals surface area contributed by atoms with E-state index in [-0.39, 0.29) is 88.7 Å². The van der Waals surface area contributed by atoms with E-state index in [9.17, 15) is 25.9 Å². The fourth-order valence-corrected chi connectivity index (χ4v) is 1.01. The Morgan fingerprint density at radius 2 is 1.00 bits per heavy atom. The molecule has 0 bridgehead atoms. The molecule has 0 aliphatic carbocycles. The Kier molecular flexibility index (Phi) is 16.9. The van der Waals surface area contributed by atoms with Gasteiger partial charge in [-0.2, -0.15) is 0 Å². The van der Waals surface area contributed by atoms with Gasteiger partial charge in [0, 0.05) is 3.87 Å². The summed E-state index contributed by atoms with van der Waals surface area (Å²) in [6, 6.07) is 0. The number of hydrogen-bond donors (Lipinski definition) is 1. The SMILES string of the molecule is O=S(=O)([O-])N(O)S(=O)(=O)[O-].[Na+].[Na+].[Na+]. The van der Waals surface area contributed by atoms with E-state index in [1.165, 1.54) is 0 Å². The molecule has 0 aliphatic rings. The molecule has 0 fully saturated rings. The molecule has 0 saturated heterocycles. The van der Waals surface area contributed by atoms with E-state index in [1.54, 1.807) is 0 Å². The van der Waals surface area contributed by atoms with Crippen LogP contribution in [0.2, 0.25) is 0 Å². The fourth-order valence-electron chi connectivity index (χ4n) is 0.112. The zero-order chi connectivity index (χ0) is 8.58. The minimum atomic E-state index is -5.62. The molecule has 0 spiro atoms. The second-order valence-corrected chi connectivity index (χ2v) is 3.73. The third kappa shape index (κ3) is 11.0. The van der Waals surface area contributed by atoms with Crippen LogP contribution in [0.1, 0.15) is 0 Å². The molecule has 0 atom stereocenters. The maximum absolute atomic E-state index is 9.52. The van der Waals surface area contributed by atoms with Gasteiger partial charge in [0.05, 0.1) is 0 Å². The van der Waals surface area contributed by atoms with E-state index in [1.807, 2.05) is 0 Å². The summed E-state index contributed by atoms with van der Waals surface area (Å²) in [5.41, 5.74) is 0. The Morgan fingerprint density at radius 3 is 1.00 bits per heavy atom. The molecule has 0 rings (SSSR count). The van der Waals surface area contributed by atoms with Crippen molar-refractivity contribution in [3.05, 3.63) is 0 Å². The van der Waals surface area contributed by atoms with Crippen LogP contribution in [0, 0.1) is 0 Å². The summed E-state index contributed by atoms with van der Waals surface area (Å²) in [4.78, 5) is 0. The van der Waals surface area contributed by atoms with Gasteiger partial charge in [0.25, 0.3) is 0 Å². The summed E-state index contributed by atoms with van der Waals surface area (Å²) < 4.78 is 55.3. The quantitative estimate of drug-likeness (QED) is 0.295. The number of rotatable bonds is 2. The van der Waals surface area contributed by atoms with Gasteiger partial charge in [-0.3, -0.25) is 5.21 Å². The molecule has 1 N–H and O–H groups in total. The largest absolute Gasteiger partial charge is 1.00 e. The molecular weight excluding hydrogens is 259 g/mol. The van der Waals surface area contributed by atoms with Gasteiger partial charge in [-0.25, -0.2) is 16.8 Å². The summed E-state index contributed by atoms with van der Waals surface area (Å²) in [6.45, 7) is 0. The van der Waals surface area contributed by atoms with Crippen LogP contribution >= 0.6 is 0 Å². The minimum Gasteiger partial charge on any atom is -0.733 e. The molecule has 13 heteroatoms. The Morgan fingerprint density at radius 1 is 0.846 bits per heavy atom. The summed E-state index contributed by atoms with van der Waals surface area (Å²) in [5.74, 6) is 0. The van der Waals surface area contributed by atoms with Gasteiger partial charge in [-0.05, 0) is 0 Å². The van der Waals surface area contributed by atoms with Crippen molar-refractivity contribution in [1.29, 1.82) is 0 Å². The zero-order valence-corrected chi connectivity index (χ0v) is 14.8. The van der Waals surface area contributed by atoms with Crippen molar-refractivity contribution in [2.24, 2.45) is 0 Å². The molecule has 0 heterocycles. The van der Waals surface area contributed by atoms with Crippen molar-refractivity contribution >= 4 is 20.6 Å². The van der Waals surface area contributed by atoms with Crippen molar-refractivity contribution in [1.82, 2.24) is 3.87 Å². The van der Waals surface area contributed by atoms with Crippen LogP contribution in [0.5, 0.6) is 0 Å². The van der Waals surface area contributed by atoms with E-state index in [0.717, 1.165) is 0 Å². The maximum Gasteiger partial charge on any atom is 1.00 e. The average molecular weight is 260 g/mol. The molecule has 0 radical (unpaired) electrons. The average Bonchev–Trinajstić information content (AvgIpc) is 1.59. The molecular formula is HNNa3O7S2+. The fraction of sp³-hybridized carbons (Fsp3) is 0. The Bertz CT molecular complexity index is 271. The Balaban J connectivity index is -0.000000135. The monoisotopic (exact) mass is 260 g/mol. The predicted molar refractivity (Wildman–Crippen MR) is 23.0 cm³/mol. The topological polar surface area (TPSA) is 138 Å². The van der Waals surface area contributed by atoms with E-state index < -0.39 is 24.5 Å². The molecule has 13 heavy (non-hydrogen) atoms. The number of hydrogen-bond acceptors (Lipinski definition) is 7. The predicted octanol–water partition coefficient (Wildman–Crippen LogP) is -11.4. The van der Waals surface area contributed by atoms with Crippen molar-refractivity contribution in [2.45, 2.75) is 0 Å². The first-order valence-corrected chi connectivity index (χ1v) is 4.30. The van der Waals surface area contributed by atoms with Gasteiger partial charge >= 0.3 is 88.7 Å². The first kappa shape index (κ1) is 24.8. The molecule has 0 aromatic rings. The standard InChI is InChI=1S/H3NO7S2.3Na/c2-1(9(3,4)5)10(6,7)8;;;/h2H,(H,3,4,5)(H,6,7,8);;;/q;3*+1/p-2. The van der Waals surface area contributed by atoms with Gasteiger partial charge in [-0.15, -0.1) is 0 Å². The summed E-state index contributed by atoms with van der Waals surface area (Å²) in [6.07, 6.45) is 0. The van der Waals surface area contributed by atoms with Crippen molar-refractivity contribution in [2.75, 3.05) is 0 Å². The molecule has 0 aliphatic heterocycles. The van der Waals surface area contributed by atoms with Crippen LogP contribution in [0.15, 0.2) is 0 Å². The first-order chi connectivity index (χ1) is 4.15. The van der Waals surface area contributed by atoms with Gasteiger partial charge in [-0.1, -0.05) is 0 Å². The third-order valence-electron chi connectivity index (χ3n) is 0.383. The molecule has 0 aromatic carbocycles. The van der Waals surface area contributed by atoms with Crippen LogP contribution in [0.25, 0.3) is 0 Å². The smallest absolute Gasteiger partial charge is 0.733 e. The summed E-state index contributed by atoms with van der Waals surface area (Å²) in [5, 5.41) is 7.75. The van der Waals surface area contributed by atoms with Crippen LogP contribution in [0.3, 0.4) is 0 Å². The summed E-state index contributed by atoms with van der Waals surface area (Å²) >= 11 is 0. The van der Waals surface area contributed by atoms with Crippen LogP contribution < -0.4 is 88.7 Å². The second kappa shape index (κ2) is 8.84. The molecule has 8 nitrogen and oxygen atoms in total. The Hall–Kier alpha value is 2.74. The minimum absolute atomic E-state index is 0. The van der Waals surface area contributed by atoms with Crippen LogP contribution in [-0.2, 0) is 20.6 Å². The molecule has 0 unspecified atom stereocenters. The van der Waals surface area contributed by atoms with E-state index >= 15 is 0 Å². The third-order valence-corrected chi connectivity index (χ3v) is 2.24. The van der Waals surface area contributed by atoms with E-state index in [4.69, 9.17) is 5.21 Å². The van der Waals surface area contributed by atoms with Crippen LogP contribution in [0.4, 0.5) is 0 Å². The maximum atomic E-state index is 9.52. The van der Waals surface area contributed by atoms with E-state index in [0.29, 0.717) is 0 Å². The molecule has 62 valence electrons. The molecule has 0 saturated carbocycles. The first-order valence-electron chi connectivity index (χ1n) is 1.57. The Labute approximate surface area is 142 Å². The normalized spacial score (nSPS) is 10.8. The van der Waals surface area contributed by atoms with Gasteiger partial charge < -0.3 is 9.11 Å². The van der Waals surface area contributed by atoms with E-state index in [2.05, 4.69) is 0 Å². The van der Waals surface area contributed by atoms with Crippen molar-refractivity contribution in [3.8, 4) is 0 Å². The molecule has 0 aromatic heterocycles.